The molecule has 0 aromatic heterocycles. The maximum absolute atomic E-state index is 11.5. The number of sulfone groups is 1. The Kier molecular flexibility index (Phi) is 13.7. The van der Waals surface area contributed by atoms with Gasteiger partial charge in [0.05, 0.1) is 11.9 Å². The highest BCUT2D eigenvalue weighted by Crippen LogP contribution is 2.15. The summed E-state index contributed by atoms with van der Waals surface area (Å²) in [6, 6.07) is 10.1. The molecule has 1 aromatic rings. The molecule has 1 aromatic carbocycles. The largest absolute Gasteiger partial charge is 0.374 e. The Labute approximate surface area is 175 Å². The molecule has 8 heteroatoms. The van der Waals surface area contributed by atoms with Crippen molar-refractivity contribution in [3.8, 4) is 0 Å². The number of benzene rings is 1. The van der Waals surface area contributed by atoms with Crippen molar-refractivity contribution in [2.75, 3.05) is 37.7 Å². The summed E-state index contributed by atoms with van der Waals surface area (Å²) in [4.78, 5) is 4.45. The van der Waals surface area contributed by atoms with Crippen molar-refractivity contribution in [2.45, 2.75) is 33.3 Å². The molecule has 1 atom stereocenters. The number of halogens is 1. The van der Waals surface area contributed by atoms with Crippen LogP contribution in [0.5, 0.6) is 0 Å². The number of hydrogen-bond donors (Lipinski definition) is 2. The van der Waals surface area contributed by atoms with Gasteiger partial charge in [-0.25, -0.2) is 8.42 Å². The Morgan fingerprint density at radius 1 is 1.19 bits per heavy atom. The summed E-state index contributed by atoms with van der Waals surface area (Å²) in [5, 5.41) is 6.17. The fraction of sp³-hybridized carbons (Fsp3) is 0.611. The maximum Gasteiger partial charge on any atom is 0.191 e. The van der Waals surface area contributed by atoms with Gasteiger partial charge in [-0.1, -0.05) is 37.3 Å². The summed E-state index contributed by atoms with van der Waals surface area (Å²) in [5.74, 6) is 0.926. The van der Waals surface area contributed by atoms with E-state index in [-0.39, 0.29) is 41.6 Å². The molecule has 0 heterocycles. The van der Waals surface area contributed by atoms with E-state index in [0.717, 1.165) is 18.5 Å². The van der Waals surface area contributed by atoms with E-state index in [2.05, 4.69) is 27.8 Å². The monoisotopic (exact) mass is 497 g/mol. The second-order valence-corrected chi connectivity index (χ2v) is 8.17. The molecule has 0 radical (unpaired) electrons. The molecule has 26 heavy (non-hydrogen) atoms. The van der Waals surface area contributed by atoms with Crippen LogP contribution >= 0.6 is 24.0 Å². The van der Waals surface area contributed by atoms with Gasteiger partial charge in [0.15, 0.2) is 15.8 Å². The van der Waals surface area contributed by atoms with Crippen LogP contribution in [-0.4, -0.2) is 52.1 Å². The van der Waals surface area contributed by atoms with Gasteiger partial charge < -0.3 is 15.4 Å². The highest BCUT2D eigenvalue weighted by molar-refractivity contribution is 14.0. The predicted molar refractivity (Wildman–Crippen MR) is 119 cm³/mol. The molecule has 1 rings (SSSR count). The Morgan fingerprint density at radius 2 is 1.88 bits per heavy atom. The molecule has 0 aliphatic rings. The average molecular weight is 497 g/mol. The van der Waals surface area contributed by atoms with E-state index in [1.165, 1.54) is 0 Å². The smallest absolute Gasteiger partial charge is 0.191 e. The normalized spacial score (nSPS) is 13.0. The highest BCUT2D eigenvalue weighted by Gasteiger charge is 2.07. The first kappa shape index (κ1) is 25.1. The second-order valence-electron chi connectivity index (χ2n) is 5.70. The molecule has 0 amide bonds. The van der Waals surface area contributed by atoms with Crippen LogP contribution < -0.4 is 10.6 Å². The molecule has 0 saturated heterocycles. The molecule has 6 nitrogen and oxygen atoms in total. The fourth-order valence-electron chi connectivity index (χ4n) is 2.15. The first-order valence-electron chi connectivity index (χ1n) is 8.87. The Bertz CT molecular complexity index is 609. The van der Waals surface area contributed by atoms with Crippen LogP contribution in [0.3, 0.4) is 0 Å². The van der Waals surface area contributed by atoms with E-state index in [1.807, 2.05) is 32.0 Å². The van der Waals surface area contributed by atoms with E-state index < -0.39 is 9.84 Å². The number of rotatable bonds is 11. The van der Waals surface area contributed by atoms with Gasteiger partial charge in [0, 0.05) is 32.0 Å². The van der Waals surface area contributed by atoms with E-state index in [0.29, 0.717) is 25.7 Å². The number of guanidine groups is 1. The zero-order valence-corrected chi connectivity index (χ0v) is 19.0. The lowest BCUT2D eigenvalue weighted by Crippen LogP contribution is -2.39. The first-order valence-corrected chi connectivity index (χ1v) is 10.7. The number of ether oxygens (including phenoxy) is 1. The number of hydrogen-bond acceptors (Lipinski definition) is 4. The summed E-state index contributed by atoms with van der Waals surface area (Å²) >= 11 is 0. The number of nitrogens with one attached hydrogen (secondary N) is 2. The highest BCUT2D eigenvalue weighted by atomic mass is 127. The molecule has 150 valence electrons. The number of nitrogens with zero attached hydrogens (tertiary/aromatic N) is 1. The van der Waals surface area contributed by atoms with Crippen LogP contribution in [0.2, 0.25) is 0 Å². The Morgan fingerprint density at radius 3 is 2.50 bits per heavy atom. The molecule has 1 unspecified atom stereocenters. The van der Waals surface area contributed by atoms with Gasteiger partial charge in [-0.05, 0) is 25.8 Å². The summed E-state index contributed by atoms with van der Waals surface area (Å²) in [6.45, 7) is 8.02. The minimum atomic E-state index is -2.96. The zero-order chi connectivity index (χ0) is 18.5. The molecule has 0 aliphatic carbocycles. The molecule has 0 fully saturated rings. The van der Waals surface area contributed by atoms with Gasteiger partial charge in [-0.2, -0.15) is 0 Å². The molecular weight excluding hydrogens is 465 g/mol. The van der Waals surface area contributed by atoms with Gasteiger partial charge in [-0.15, -0.1) is 24.0 Å². The lowest BCUT2D eigenvalue weighted by Gasteiger charge is -2.13. The molecule has 0 bridgehead atoms. The van der Waals surface area contributed by atoms with Crippen molar-refractivity contribution >= 4 is 39.8 Å². The van der Waals surface area contributed by atoms with Gasteiger partial charge in [0.1, 0.15) is 0 Å². The van der Waals surface area contributed by atoms with Crippen LogP contribution in [0.25, 0.3) is 0 Å². The van der Waals surface area contributed by atoms with Crippen molar-refractivity contribution < 1.29 is 13.2 Å². The van der Waals surface area contributed by atoms with E-state index in [1.54, 1.807) is 6.92 Å². The van der Waals surface area contributed by atoms with Crippen LogP contribution in [0.1, 0.15) is 38.9 Å². The average Bonchev–Trinajstić information content (AvgIpc) is 2.61. The van der Waals surface area contributed by atoms with Crippen LogP contribution in [0.15, 0.2) is 35.3 Å². The summed E-state index contributed by atoms with van der Waals surface area (Å²) < 4.78 is 28.8. The van der Waals surface area contributed by atoms with Gasteiger partial charge in [0.25, 0.3) is 0 Å². The molecule has 2 N–H and O–H groups in total. The lowest BCUT2D eigenvalue weighted by molar-refractivity contribution is 0.0652. The second kappa shape index (κ2) is 14.2. The van der Waals surface area contributed by atoms with Gasteiger partial charge >= 0.3 is 0 Å². The summed E-state index contributed by atoms with van der Waals surface area (Å²) in [7, 11) is -2.96. The van der Waals surface area contributed by atoms with Crippen LogP contribution in [0.4, 0.5) is 0 Å². The first-order chi connectivity index (χ1) is 12.0. The SMILES string of the molecule is CCNC(=NCCCOC(C)c1ccccc1)NCCS(=O)(=O)CC.I. The zero-order valence-electron chi connectivity index (χ0n) is 15.9. The van der Waals surface area contributed by atoms with Crippen molar-refractivity contribution in [3.63, 3.8) is 0 Å². The van der Waals surface area contributed by atoms with E-state index in [4.69, 9.17) is 4.74 Å². The molecular formula is C18H32IN3O3S. The van der Waals surface area contributed by atoms with Crippen molar-refractivity contribution in [3.05, 3.63) is 35.9 Å². The van der Waals surface area contributed by atoms with Crippen molar-refractivity contribution in [2.24, 2.45) is 4.99 Å². The summed E-state index contributed by atoms with van der Waals surface area (Å²) in [5.41, 5.74) is 1.16. The molecule has 0 spiro atoms. The van der Waals surface area contributed by atoms with Crippen molar-refractivity contribution in [1.29, 1.82) is 0 Å². The third-order valence-electron chi connectivity index (χ3n) is 3.70. The van der Waals surface area contributed by atoms with Crippen LogP contribution in [0, 0.1) is 0 Å². The van der Waals surface area contributed by atoms with Gasteiger partial charge in [-0.3, -0.25) is 4.99 Å². The molecule has 0 saturated carbocycles. The Hall–Kier alpha value is -0.870. The topological polar surface area (TPSA) is 79.8 Å². The third-order valence-corrected chi connectivity index (χ3v) is 5.40. The quantitative estimate of drug-likeness (QED) is 0.213. The maximum atomic E-state index is 11.5. The molecule has 0 aliphatic heterocycles. The predicted octanol–water partition coefficient (Wildman–Crippen LogP) is 2.76. The van der Waals surface area contributed by atoms with E-state index in [9.17, 15) is 8.42 Å². The number of aliphatic imine (C=N–C) groups is 1. The Balaban J connectivity index is 0.00000625. The van der Waals surface area contributed by atoms with Crippen molar-refractivity contribution in [1.82, 2.24) is 10.6 Å². The minimum absolute atomic E-state index is 0. The fourth-order valence-corrected chi connectivity index (χ4v) is 2.85. The lowest BCUT2D eigenvalue weighted by atomic mass is 10.1. The summed E-state index contributed by atoms with van der Waals surface area (Å²) in [6.07, 6.45) is 0.872. The van der Waals surface area contributed by atoms with Crippen LogP contribution in [-0.2, 0) is 14.6 Å². The van der Waals surface area contributed by atoms with Gasteiger partial charge in [0.2, 0.25) is 0 Å². The minimum Gasteiger partial charge on any atom is -0.374 e. The third kappa shape index (κ3) is 11.0. The standard InChI is InChI=1S/C18H31N3O3S.HI/c1-4-19-18(21-13-15-25(22,23)5-2)20-12-9-14-24-16(3)17-10-7-6-8-11-17;/h6-8,10-11,16H,4-5,9,12-15H2,1-3H3,(H2,19,20,21);1H. The van der Waals surface area contributed by atoms with E-state index >= 15 is 0 Å².